The minimum absolute atomic E-state index is 0.0616. The Kier molecular flexibility index (Phi) is 4.73. The summed E-state index contributed by atoms with van der Waals surface area (Å²) in [5.74, 6) is -0.687. The maximum absolute atomic E-state index is 12.9. The lowest BCUT2D eigenvalue weighted by Crippen LogP contribution is -2.40. The van der Waals surface area contributed by atoms with Crippen LogP contribution in [0.3, 0.4) is 0 Å². The number of rotatable bonds is 4. The van der Waals surface area contributed by atoms with E-state index in [2.05, 4.69) is 4.98 Å². The second-order valence-corrected chi connectivity index (χ2v) is 7.68. The Hall–Kier alpha value is -2.12. The van der Waals surface area contributed by atoms with E-state index in [1.54, 1.807) is 6.07 Å². The third-order valence-electron chi connectivity index (χ3n) is 4.23. The third kappa shape index (κ3) is 3.37. The Labute approximate surface area is 140 Å². The summed E-state index contributed by atoms with van der Waals surface area (Å²) in [5.41, 5.74) is 0.463. The number of carbonyl (C=O) groups is 1. The number of ketones is 1. The SMILES string of the molecule is O=C(c1ccc(F)cc1)C1CCN(S(=O)(=O)c2cccnc2)CC1. The van der Waals surface area contributed by atoms with Gasteiger partial charge in [-0.05, 0) is 49.2 Å². The maximum Gasteiger partial charge on any atom is 0.244 e. The molecule has 0 bridgehead atoms. The molecule has 1 aliphatic rings. The lowest BCUT2D eigenvalue weighted by Gasteiger charge is -2.30. The highest BCUT2D eigenvalue weighted by atomic mass is 32.2. The van der Waals surface area contributed by atoms with Crippen molar-refractivity contribution in [1.82, 2.24) is 9.29 Å². The average molecular weight is 348 g/mol. The van der Waals surface area contributed by atoms with Crippen LogP contribution in [0.25, 0.3) is 0 Å². The monoisotopic (exact) mass is 348 g/mol. The van der Waals surface area contributed by atoms with Gasteiger partial charge in [-0.25, -0.2) is 12.8 Å². The summed E-state index contributed by atoms with van der Waals surface area (Å²) in [6.45, 7) is 0.573. The number of hydrogen-bond donors (Lipinski definition) is 0. The molecule has 0 saturated carbocycles. The molecule has 0 radical (unpaired) electrons. The number of benzene rings is 1. The molecule has 0 spiro atoms. The van der Waals surface area contributed by atoms with Crippen LogP contribution in [0.2, 0.25) is 0 Å². The lowest BCUT2D eigenvalue weighted by molar-refractivity contribution is 0.0875. The maximum atomic E-state index is 12.9. The van der Waals surface area contributed by atoms with Gasteiger partial charge in [0.05, 0.1) is 0 Å². The molecule has 2 heterocycles. The largest absolute Gasteiger partial charge is 0.294 e. The molecule has 0 N–H and O–H groups in total. The highest BCUT2D eigenvalue weighted by Gasteiger charge is 2.32. The molecule has 0 atom stereocenters. The van der Waals surface area contributed by atoms with Crippen LogP contribution in [-0.2, 0) is 10.0 Å². The normalized spacial score (nSPS) is 16.9. The number of nitrogens with zero attached hydrogens (tertiary/aromatic N) is 2. The van der Waals surface area contributed by atoms with E-state index in [-0.39, 0.29) is 35.5 Å². The fraction of sp³-hybridized carbons (Fsp3) is 0.294. The van der Waals surface area contributed by atoms with Crippen molar-refractivity contribution in [2.45, 2.75) is 17.7 Å². The van der Waals surface area contributed by atoms with Gasteiger partial charge in [0.1, 0.15) is 10.7 Å². The van der Waals surface area contributed by atoms with E-state index in [0.717, 1.165) is 0 Å². The molecule has 126 valence electrons. The number of sulfonamides is 1. The minimum Gasteiger partial charge on any atom is -0.294 e. The molecule has 2 aromatic rings. The van der Waals surface area contributed by atoms with Gasteiger partial charge in [-0.1, -0.05) is 0 Å². The molecule has 1 aliphatic heterocycles. The molecule has 1 aromatic carbocycles. The zero-order valence-corrected chi connectivity index (χ0v) is 13.7. The van der Waals surface area contributed by atoms with Crippen molar-refractivity contribution >= 4 is 15.8 Å². The minimum atomic E-state index is -3.57. The second-order valence-electron chi connectivity index (χ2n) is 5.74. The molecular formula is C17H17FN2O3S. The Morgan fingerprint density at radius 2 is 1.79 bits per heavy atom. The van der Waals surface area contributed by atoms with E-state index < -0.39 is 10.0 Å². The summed E-state index contributed by atoms with van der Waals surface area (Å²) in [5, 5.41) is 0. The van der Waals surface area contributed by atoms with Gasteiger partial charge < -0.3 is 0 Å². The summed E-state index contributed by atoms with van der Waals surface area (Å²) in [7, 11) is -3.57. The summed E-state index contributed by atoms with van der Waals surface area (Å²) < 4.78 is 39.4. The van der Waals surface area contributed by atoms with Crippen LogP contribution >= 0.6 is 0 Å². The fourth-order valence-corrected chi connectivity index (χ4v) is 4.29. The predicted octanol–water partition coefficient (Wildman–Crippen LogP) is 2.50. The van der Waals surface area contributed by atoms with E-state index in [4.69, 9.17) is 0 Å². The van der Waals surface area contributed by atoms with Crippen molar-refractivity contribution in [3.05, 3.63) is 60.2 Å². The van der Waals surface area contributed by atoms with Gasteiger partial charge in [0, 0.05) is 37.0 Å². The standard InChI is InChI=1S/C17H17FN2O3S/c18-15-5-3-13(4-6-15)17(21)14-7-10-20(11-8-14)24(22,23)16-2-1-9-19-12-16/h1-6,9,12,14H,7-8,10-11H2. The van der Waals surface area contributed by atoms with Gasteiger partial charge in [0.2, 0.25) is 10.0 Å². The molecule has 0 aliphatic carbocycles. The van der Waals surface area contributed by atoms with E-state index in [1.807, 2.05) is 0 Å². The van der Waals surface area contributed by atoms with Crippen molar-refractivity contribution in [2.24, 2.45) is 5.92 Å². The first-order chi connectivity index (χ1) is 11.5. The second kappa shape index (κ2) is 6.78. The number of carbonyl (C=O) groups excluding carboxylic acids is 1. The van der Waals surface area contributed by atoms with Crippen molar-refractivity contribution in [1.29, 1.82) is 0 Å². The van der Waals surface area contributed by atoms with E-state index in [1.165, 1.54) is 47.0 Å². The van der Waals surface area contributed by atoms with Gasteiger partial charge >= 0.3 is 0 Å². The molecule has 1 saturated heterocycles. The van der Waals surface area contributed by atoms with Crippen LogP contribution in [-0.4, -0.2) is 36.6 Å². The molecular weight excluding hydrogens is 331 g/mol. The summed E-state index contributed by atoms with van der Waals surface area (Å²) >= 11 is 0. The van der Waals surface area contributed by atoms with E-state index in [9.17, 15) is 17.6 Å². The van der Waals surface area contributed by atoms with Gasteiger partial charge in [-0.3, -0.25) is 9.78 Å². The number of Topliss-reactive ketones (excluding diaryl/α,β-unsaturated/α-hetero) is 1. The van der Waals surface area contributed by atoms with Gasteiger partial charge in [0.15, 0.2) is 5.78 Å². The van der Waals surface area contributed by atoms with Crippen molar-refractivity contribution < 1.29 is 17.6 Å². The van der Waals surface area contributed by atoms with Crippen LogP contribution in [0.1, 0.15) is 23.2 Å². The first kappa shape index (κ1) is 16.7. The molecule has 5 nitrogen and oxygen atoms in total. The Morgan fingerprint density at radius 3 is 2.38 bits per heavy atom. The number of hydrogen-bond acceptors (Lipinski definition) is 4. The van der Waals surface area contributed by atoms with Gasteiger partial charge in [-0.15, -0.1) is 0 Å². The molecule has 0 amide bonds. The summed E-state index contributed by atoms with van der Waals surface area (Å²) in [4.78, 5) is 16.4. The van der Waals surface area contributed by atoms with Crippen molar-refractivity contribution in [3.8, 4) is 0 Å². The van der Waals surface area contributed by atoms with Gasteiger partial charge in [0.25, 0.3) is 0 Å². The van der Waals surface area contributed by atoms with E-state index >= 15 is 0 Å². The number of piperidine rings is 1. The van der Waals surface area contributed by atoms with Crippen molar-refractivity contribution in [2.75, 3.05) is 13.1 Å². The molecule has 1 aromatic heterocycles. The van der Waals surface area contributed by atoms with E-state index in [0.29, 0.717) is 18.4 Å². The molecule has 3 rings (SSSR count). The van der Waals surface area contributed by atoms with Crippen LogP contribution in [0.4, 0.5) is 4.39 Å². The zero-order valence-electron chi connectivity index (χ0n) is 12.9. The Morgan fingerprint density at radius 1 is 1.12 bits per heavy atom. The molecule has 0 unspecified atom stereocenters. The number of halogens is 1. The van der Waals surface area contributed by atoms with Crippen LogP contribution in [0.15, 0.2) is 53.7 Å². The molecule has 24 heavy (non-hydrogen) atoms. The smallest absolute Gasteiger partial charge is 0.244 e. The highest BCUT2D eigenvalue weighted by Crippen LogP contribution is 2.26. The van der Waals surface area contributed by atoms with Gasteiger partial charge in [-0.2, -0.15) is 4.31 Å². The summed E-state index contributed by atoms with van der Waals surface area (Å²) in [6.07, 6.45) is 3.75. The molecule has 1 fully saturated rings. The summed E-state index contributed by atoms with van der Waals surface area (Å²) in [6, 6.07) is 8.55. The quantitative estimate of drug-likeness (QED) is 0.796. The van der Waals surface area contributed by atoms with Crippen molar-refractivity contribution in [3.63, 3.8) is 0 Å². The predicted molar refractivity (Wildman–Crippen MR) is 86.5 cm³/mol. The topological polar surface area (TPSA) is 67.3 Å². The number of pyridine rings is 1. The molecule has 7 heteroatoms. The lowest BCUT2D eigenvalue weighted by atomic mass is 9.90. The van der Waals surface area contributed by atoms with Crippen LogP contribution in [0, 0.1) is 11.7 Å². The first-order valence-corrected chi connectivity index (χ1v) is 9.12. The van der Waals surface area contributed by atoms with Crippen LogP contribution in [0.5, 0.6) is 0 Å². The fourth-order valence-electron chi connectivity index (χ4n) is 2.86. The Balaban J connectivity index is 1.67. The highest BCUT2D eigenvalue weighted by molar-refractivity contribution is 7.89. The first-order valence-electron chi connectivity index (χ1n) is 7.68. The third-order valence-corrected chi connectivity index (χ3v) is 6.11. The number of aromatic nitrogens is 1. The Bertz CT molecular complexity index is 815. The zero-order chi connectivity index (χ0) is 17.2. The average Bonchev–Trinajstić information content (AvgIpc) is 2.62. The van der Waals surface area contributed by atoms with Crippen LogP contribution < -0.4 is 0 Å².